The molecule has 0 spiro atoms. The number of esters is 4. The predicted octanol–water partition coefficient (Wildman–Crippen LogP) is -0.297. The Balaban J connectivity index is 1.61. The van der Waals surface area contributed by atoms with Crippen LogP contribution in [0, 0.1) is 0 Å². The molecule has 19 heteroatoms. The Bertz CT molecular complexity index is 1740. The Kier molecular flexibility index (Phi) is 14.6. The van der Waals surface area contributed by atoms with E-state index in [9.17, 15) is 49.8 Å². The average Bonchev–Trinajstić information content (AvgIpc) is 3.41. The fourth-order valence-corrected chi connectivity index (χ4v) is 5.55. The van der Waals surface area contributed by atoms with Crippen LogP contribution in [-0.2, 0) is 52.3 Å². The van der Waals surface area contributed by atoms with Crippen LogP contribution < -0.4 is 9.47 Å². The lowest BCUT2D eigenvalue weighted by Gasteiger charge is -2.44. The minimum Gasteiger partial charge on any atom is -0.504 e. The number of hydrogen-bond donors (Lipinski definition) is 6. The second kappa shape index (κ2) is 18.8. The molecular formula is C36H42O19. The summed E-state index contributed by atoms with van der Waals surface area (Å²) in [7, 11) is 2.67. The first kappa shape index (κ1) is 42.5. The highest BCUT2D eigenvalue weighted by atomic mass is 16.8. The first-order chi connectivity index (χ1) is 26.1. The molecule has 0 aromatic heterocycles. The van der Waals surface area contributed by atoms with Gasteiger partial charge in [-0.3, -0.25) is 9.59 Å². The van der Waals surface area contributed by atoms with Crippen LogP contribution in [0.5, 0.6) is 23.0 Å². The van der Waals surface area contributed by atoms with Crippen molar-refractivity contribution < 1.29 is 92.4 Å². The average molecular weight is 779 g/mol. The van der Waals surface area contributed by atoms with Gasteiger partial charge in [0.2, 0.25) is 12.1 Å². The van der Waals surface area contributed by atoms with Gasteiger partial charge >= 0.3 is 23.9 Å². The highest BCUT2D eigenvalue weighted by Gasteiger charge is 2.61. The molecule has 0 amide bonds. The summed E-state index contributed by atoms with van der Waals surface area (Å²) in [4.78, 5) is 49.3. The van der Waals surface area contributed by atoms with Gasteiger partial charge in [0.1, 0.15) is 50.3 Å². The summed E-state index contributed by atoms with van der Waals surface area (Å²) in [6.07, 6.45) is -9.75. The van der Waals surface area contributed by atoms with Crippen molar-refractivity contribution in [3.05, 3.63) is 59.7 Å². The zero-order valence-corrected chi connectivity index (χ0v) is 30.0. The zero-order valence-electron chi connectivity index (χ0n) is 30.0. The van der Waals surface area contributed by atoms with E-state index in [0.717, 1.165) is 26.0 Å². The number of carbonyl (C=O) groups excluding carboxylic acids is 4. The minimum absolute atomic E-state index is 0.104. The Morgan fingerprint density at radius 3 is 1.84 bits per heavy atom. The molecule has 2 saturated heterocycles. The van der Waals surface area contributed by atoms with Gasteiger partial charge in [-0.05, 0) is 47.5 Å². The molecule has 0 bridgehead atoms. The second-order valence-corrected chi connectivity index (χ2v) is 12.2. The standard InChI is InChI=1S/C36H42O19/c1-18(38)49-15-26-30(44)32(46)33(51-19(2)39)35(52-26)55-36(17-37)34(53-29(43)12-8-21-6-10-23(41)25(14-21)48-4)31(45)27(54-36)16-50-28(42)11-7-20-5-9-22(40)24(13-20)47-3/h5-14,26-27,30-35,37,40-41,44-46H,15-17H2,1-4H3/b11-7+,12-8-/t26-,27-,30-,31-,32+,33-,34+,35-,36+/m1/s1. The lowest BCUT2D eigenvalue weighted by Crippen LogP contribution is -2.64. The highest BCUT2D eigenvalue weighted by molar-refractivity contribution is 5.88. The fourth-order valence-electron chi connectivity index (χ4n) is 5.55. The van der Waals surface area contributed by atoms with Gasteiger partial charge in [0.25, 0.3) is 0 Å². The normalized spacial score (nSPS) is 27.8. The summed E-state index contributed by atoms with van der Waals surface area (Å²) in [5.41, 5.74) is 0.839. The Morgan fingerprint density at radius 1 is 0.745 bits per heavy atom. The van der Waals surface area contributed by atoms with Crippen LogP contribution in [0.2, 0.25) is 0 Å². The van der Waals surface area contributed by atoms with Gasteiger partial charge in [0.15, 0.2) is 35.2 Å². The largest absolute Gasteiger partial charge is 0.504 e. The molecule has 0 saturated carbocycles. The van der Waals surface area contributed by atoms with Crippen LogP contribution in [0.4, 0.5) is 0 Å². The smallest absolute Gasteiger partial charge is 0.331 e. The number of aliphatic hydroxyl groups is 4. The number of ether oxygens (including phenoxy) is 9. The maximum Gasteiger partial charge on any atom is 0.331 e. The molecule has 2 fully saturated rings. The Labute approximate surface area is 313 Å². The van der Waals surface area contributed by atoms with Gasteiger partial charge in [-0.15, -0.1) is 0 Å². The molecule has 0 aliphatic carbocycles. The minimum atomic E-state index is -2.59. The Morgan fingerprint density at radius 2 is 1.31 bits per heavy atom. The van der Waals surface area contributed by atoms with Crippen molar-refractivity contribution in [3.8, 4) is 23.0 Å². The van der Waals surface area contributed by atoms with E-state index in [1.807, 2.05) is 0 Å². The van der Waals surface area contributed by atoms with E-state index in [2.05, 4.69) is 0 Å². The van der Waals surface area contributed by atoms with Crippen molar-refractivity contribution in [3.63, 3.8) is 0 Å². The van der Waals surface area contributed by atoms with Crippen molar-refractivity contribution in [1.29, 1.82) is 0 Å². The van der Waals surface area contributed by atoms with Crippen molar-refractivity contribution in [2.75, 3.05) is 34.0 Å². The molecule has 6 N–H and O–H groups in total. The summed E-state index contributed by atoms with van der Waals surface area (Å²) in [6, 6.07) is 8.47. The number of hydrogen-bond acceptors (Lipinski definition) is 19. The third kappa shape index (κ3) is 10.7. The van der Waals surface area contributed by atoms with E-state index in [1.54, 1.807) is 0 Å². The number of benzene rings is 2. The topological polar surface area (TPSA) is 273 Å². The number of carbonyl (C=O) groups is 4. The van der Waals surface area contributed by atoms with Crippen molar-refractivity contribution in [2.45, 2.75) is 68.7 Å². The van der Waals surface area contributed by atoms with Gasteiger partial charge in [-0.25, -0.2) is 9.59 Å². The highest BCUT2D eigenvalue weighted by Crippen LogP contribution is 2.39. The van der Waals surface area contributed by atoms with Gasteiger partial charge in [0, 0.05) is 26.0 Å². The van der Waals surface area contributed by atoms with Crippen LogP contribution in [0.3, 0.4) is 0 Å². The lowest BCUT2D eigenvalue weighted by atomic mass is 9.98. The lowest BCUT2D eigenvalue weighted by molar-refractivity contribution is -0.383. The SMILES string of the molecule is COc1cc(/C=C\C(=O)O[C@H]2[C@H](O)[C@@H](COC(=O)/C=C/c3ccc(O)c(OC)c3)O[C@@]2(CO)O[C@H]2O[C@H](COC(C)=O)[C@@H](O)[C@H](O)[C@H]2OC(C)=O)ccc1O. The second-order valence-electron chi connectivity index (χ2n) is 12.2. The molecule has 2 aliphatic heterocycles. The molecule has 9 atom stereocenters. The molecular weight excluding hydrogens is 736 g/mol. The summed E-state index contributed by atoms with van der Waals surface area (Å²) >= 11 is 0. The van der Waals surface area contributed by atoms with Gasteiger partial charge in [-0.1, -0.05) is 12.1 Å². The van der Waals surface area contributed by atoms with E-state index in [-0.39, 0.29) is 23.0 Å². The predicted molar refractivity (Wildman–Crippen MR) is 183 cm³/mol. The molecule has 2 aliphatic rings. The molecule has 300 valence electrons. The summed E-state index contributed by atoms with van der Waals surface area (Å²) in [6.45, 7) is -0.455. The summed E-state index contributed by atoms with van der Waals surface area (Å²) in [5, 5.41) is 63.4. The van der Waals surface area contributed by atoms with E-state index >= 15 is 0 Å². The number of aromatic hydroxyl groups is 2. The molecule has 0 unspecified atom stereocenters. The van der Waals surface area contributed by atoms with Crippen molar-refractivity contribution >= 4 is 36.0 Å². The Hall–Kier alpha value is -5.28. The molecule has 0 radical (unpaired) electrons. The van der Waals surface area contributed by atoms with Gasteiger partial charge in [0.05, 0.1) is 14.2 Å². The quantitative estimate of drug-likeness (QED) is 0.0770. The first-order valence-corrected chi connectivity index (χ1v) is 16.6. The molecule has 2 aromatic carbocycles. The van der Waals surface area contributed by atoms with Crippen LogP contribution in [-0.4, -0.2) is 143 Å². The first-order valence-electron chi connectivity index (χ1n) is 16.6. The van der Waals surface area contributed by atoms with Gasteiger partial charge < -0.3 is 73.3 Å². The molecule has 4 rings (SSSR count). The number of aliphatic hydroxyl groups excluding tert-OH is 4. The van der Waals surface area contributed by atoms with E-state index in [0.29, 0.717) is 11.1 Å². The zero-order chi connectivity index (χ0) is 40.4. The van der Waals surface area contributed by atoms with E-state index in [4.69, 9.17) is 42.6 Å². The van der Waals surface area contributed by atoms with E-state index < -0.39 is 98.5 Å². The number of methoxy groups -OCH3 is 2. The van der Waals surface area contributed by atoms with Crippen LogP contribution >= 0.6 is 0 Å². The number of phenols is 2. The summed E-state index contributed by atoms with van der Waals surface area (Å²) < 4.78 is 48.5. The third-order valence-corrected chi connectivity index (χ3v) is 8.27. The monoisotopic (exact) mass is 778 g/mol. The third-order valence-electron chi connectivity index (χ3n) is 8.27. The maximum absolute atomic E-state index is 13.2. The fraction of sp³-hybridized carbons (Fsp3) is 0.444. The van der Waals surface area contributed by atoms with Crippen LogP contribution in [0.1, 0.15) is 25.0 Å². The van der Waals surface area contributed by atoms with Crippen LogP contribution in [0.25, 0.3) is 12.2 Å². The van der Waals surface area contributed by atoms with Gasteiger partial charge in [-0.2, -0.15) is 0 Å². The summed E-state index contributed by atoms with van der Waals surface area (Å²) in [5.74, 6) is -6.39. The molecule has 55 heavy (non-hydrogen) atoms. The number of phenolic OH excluding ortho intramolecular Hbond substituents is 2. The van der Waals surface area contributed by atoms with Crippen LogP contribution in [0.15, 0.2) is 48.6 Å². The van der Waals surface area contributed by atoms with E-state index in [1.165, 1.54) is 62.8 Å². The molecule has 2 heterocycles. The van der Waals surface area contributed by atoms with Crippen molar-refractivity contribution in [2.24, 2.45) is 0 Å². The number of rotatable bonds is 15. The molecule has 2 aromatic rings. The maximum atomic E-state index is 13.2. The van der Waals surface area contributed by atoms with Crippen molar-refractivity contribution in [1.82, 2.24) is 0 Å². The molecule has 19 nitrogen and oxygen atoms in total.